The fraction of sp³-hybridized carbons (Fsp3) is 0.462. The molecule has 1 aliphatic rings. The van der Waals surface area contributed by atoms with Crippen LogP contribution in [0, 0.1) is 0 Å². The maximum atomic E-state index is 12.1. The van der Waals surface area contributed by atoms with Gasteiger partial charge in [-0.2, -0.15) is 11.8 Å². The van der Waals surface area contributed by atoms with Crippen molar-refractivity contribution in [3.63, 3.8) is 0 Å². The molecule has 1 fully saturated rings. The topological polar surface area (TPSA) is 17.1 Å². The number of rotatable bonds is 2. The van der Waals surface area contributed by atoms with Gasteiger partial charge in [-0.1, -0.05) is 36.8 Å². The first-order valence-corrected chi connectivity index (χ1v) is 6.73. The zero-order valence-electron chi connectivity index (χ0n) is 8.98. The highest BCUT2D eigenvalue weighted by atomic mass is 32.2. The third-order valence-electron chi connectivity index (χ3n) is 3.11. The molecule has 0 N–H and O–H groups in total. The van der Waals surface area contributed by atoms with E-state index >= 15 is 0 Å². The van der Waals surface area contributed by atoms with Crippen LogP contribution in [0.1, 0.15) is 30.7 Å². The van der Waals surface area contributed by atoms with Gasteiger partial charge in [0.05, 0.1) is 5.25 Å². The Morgan fingerprint density at radius 1 is 1.20 bits per heavy atom. The molecule has 0 unspecified atom stereocenters. The van der Waals surface area contributed by atoms with Crippen LogP contribution in [0.2, 0.25) is 0 Å². The van der Waals surface area contributed by atoms with Gasteiger partial charge in [0.2, 0.25) is 0 Å². The summed E-state index contributed by atoms with van der Waals surface area (Å²) >= 11 is 1.70. The number of ketones is 1. The molecular weight excluding hydrogens is 204 g/mol. The minimum atomic E-state index is 0.150. The lowest BCUT2D eigenvalue weighted by Crippen LogP contribution is -2.28. The quantitative estimate of drug-likeness (QED) is 0.761. The summed E-state index contributed by atoms with van der Waals surface area (Å²) in [6, 6.07) is 10.2. The molecule has 0 radical (unpaired) electrons. The minimum absolute atomic E-state index is 0.150. The van der Waals surface area contributed by atoms with Crippen LogP contribution in [0.3, 0.4) is 0 Å². The third-order valence-corrected chi connectivity index (χ3v) is 4.14. The van der Waals surface area contributed by atoms with Gasteiger partial charge in [-0.25, -0.2) is 0 Å². The van der Waals surface area contributed by atoms with E-state index < -0.39 is 0 Å². The van der Waals surface area contributed by atoms with Crippen LogP contribution < -0.4 is 0 Å². The standard InChI is InChI=1S/C13H16OS/c1-15-12-9-5-8-11(13(12)14)10-6-3-2-4-7-10/h2-4,6-7,11-12H,5,8-9H2,1H3/t11-,12+/m1/s1. The highest BCUT2D eigenvalue weighted by Gasteiger charge is 2.31. The van der Waals surface area contributed by atoms with Gasteiger partial charge >= 0.3 is 0 Å². The fourth-order valence-corrected chi connectivity index (χ4v) is 3.07. The van der Waals surface area contributed by atoms with Gasteiger partial charge in [-0.05, 0) is 24.7 Å². The van der Waals surface area contributed by atoms with Crippen LogP contribution in [0.4, 0.5) is 0 Å². The monoisotopic (exact) mass is 220 g/mol. The molecule has 2 heteroatoms. The van der Waals surface area contributed by atoms with E-state index in [2.05, 4.69) is 12.1 Å². The lowest BCUT2D eigenvalue weighted by Gasteiger charge is -2.26. The van der Waals surface area contributed by atoms with Crippen molar-refractivity contribution in [3.05, 3.63) is 35.9 Å². The Hall–Kier alpha value is -0.760. The second-order valence-corrected chi connectivity index (χ2v) is 5.06. The molecule has 1 nitrogen and oxygen atoms in total. The summed E-state index contributed by atoms with van der Waals surface area (Å²) < 4.78 is 0. The lowest BCUT2D eigenvalue weighted by atomic mass is 9.83. The van der Waals surface area contributed by atoms with Crippen LogP contribution in [0.15, 0.2) is 30.3 Å². The summed E-state index contributed by atoms with van der Waals surface area (Å²) in [6.07, 6.45) is 5.30. The molecule has 0 amide bonds. The van der Waals surface area contributed by atoms with Crippen LogP contribution in [-0.2, 0) is 4.79 Å². The Morgan fingerprint density at radius 2 is 1.93 bits per heavy atom. The van der Waals surface area contributed by atoms with Crippen molar-refractivity contribution in [2.24, 2.45) is 0 Å². The number of hydrogen-bond donors (Lipinski definition) is 0. The Kier molecular flexibility index (Phi) is 3.47. The number of Topliss-reactive ketones (excluding diaryl/α,β-unsaturated/α-hetero) is 1. The normalized spacial score (nSPS) is 26.6. The summed E-state index contributed by atoms with van der Waals surface area (Å²) in [7, 11) is 0. The molecule has 0 saturated heterocycles. The molecule has 0 aliphatic heterocycles. The highest BCUT2D eigenvalue weighted by molar-refractivity contribution is 7.99. The SMILES string of the molecule is CS[C@H]1CCC[C@H](c2ccccc2)C1=O. The van der Waals surface area contributed by atoms with Crippen molar-refractivity contribution < 1.29 is 4.79 Å². The summed E-state index contributed by atoms with van der Waals surface area (Å²) in [5.41, 5.74) is 1.20. The molecular formula is C13H16OS. The van der Waals surface area contributed by atoms with E-state index in [1.165, 1.54) is 12.0 Å². The van der Waals surface area contributed by atoms with Crippen LogP contribution in [-0.4, -0.2) is 17.3 Å². The Balaban J connectivity index is 2.19. The molecule has 2 rings (SSSR count). The van der Waals surface area contributed by atoms with Crippen LogP contribution >= 0.6 is 11.8 Å². The molecule has 0 bridgehead atoms. The van der Waals surface area contributed by atoms with Crippen molar-refractivity contribution in [1.82, 2.24) is 0 Å². The van der Waals surface area contributed by atoms with Gasteiger partial charge in [-0.15, -0.1) is 0 Å². The van der Waals surface area contributed by atoms with Crippen molar-refractivity contribution in [3.8, 4) is 0 Å². The Bertz CT molecular complexity index is 334. The first kappa shape index (κ1) is 10.7. The molecule has 2 atom stereocenters. The number of hydrogen-bond acceptors (Lipinski definition) is 2. The first-order valence-electron chi connectivity index (χ1n) is 5.44. The summed E-state index contributed by atoms with van der Waals surface area (Å²) in [4.78, 5) is 12.1. The number of carbonyl (C=O) groups excluding carboxylic acids is 1. The van der Waals surface area contributed by atoms with Crippen molar-refractivity contribution in [1.29, 1.82) is 0 Å². The second kappa shape index (κ2) is 4.84. The predicted molar refractivity (Wildman–Crippen MR) is 65.3 cm³/mol. The van der Waals surface area contributed by atoms with Gasteiger partial charge in [0.1, 0.15) is 0 Å². The number of carbonyl (C=O) groups is 1. The molecule has 1 aromatic carbocycles. The Labute approximate surface area is 95.3 Å². The molecule has 0 spiro atoms. The average molecular weight is 220 g/mol. The average Bonchev–Trinajstić information content (AvgIpc) is 2.30. The minimum Gasteiger partial charge on any atom is -0.298 e. The van der Waals surface area contributed by atoms with E-state index in [1.807, 2.05) is 24.5 Å². The number of benzene rings is 1. The van der Waals surface area contributed by atoms with Gasteiger partial charge in [-0.3, -0.25) is 4.79 Å². The number of thioether (sulfide) groups is 1. The fourth-order valence-electron chi connectivity index (χ4n) is 2.27. The van der Waals surface area contributed by atoms with Gasteiger partial charge in [0.25, 0.3) is 0 Å². The maximum Gasteiger partial charge on any atom is 0.153 e. The first-order chi connectivity index (χ1) is 7.33. The van der Waals surface area contributed by atoms with E-state index in [9.17, 15) is 4.79 Å². The largest absolute Gasteiger partial charge is 0.298 e. The third kappa shape index (κ3) is 2.25. The zero-order valence-corrected chi connectivity index (χ0v) is 9.80. The molecule has 15 heavy (non-hydrogen) atoms. The predicted octanol–water partition coefficient (Wildman–Crippen LogP) is 3.25. The van der Waals surface area contributed by atoms with Gasteiger partial charge < -0.3 is 0 Å². The summed E-state index contributed by atoms with van der Waals surface area (Å²) in [5.74, 6) is 0.581. The molecule has 80 valence electrons. The van der Waals surface area contributed by atoms with Crippen molar-refractivity contribution >= 4 is 17.5 Å². The van der Waals surface area contributed by atoms with Crippen LogP contribution in [0.25, 0.3) is 0 Å². The highest BCUT2D eigenvalue weighted by Crippen LogP contribution is 2.34. The molecule has 1 aliphatic carbocycles. The zero-order chi connectivity index (χ0) is 10.7. The summed E-state index contributed by atoms with van der Waals surface area (Å²) in [5, 5.41) is 0.226. The molecule has 0 aromatic heterocycles. The van der Waals surface area contributed by atoms with Gasteiger partial charge in [0.15, 0.2) is 5.78 Å². The smallest absolute Gasteiger partial charge is 0.153 e. The van der Waals surface area contributed by atoms with E-state index in [0.29, 0.717) is 5.78 Å². The molecule has 1 saturated carbocycles. The van der Waals surface area contributed by atoms with E-state index in [4.69, 9.17) is 0 Å². The molecule has 1 aromatic rings. The van der Waals surface area contributed by atoms with E-state index in [-0.39, 0.29) is 11.2 Å². The van der Waals surface area contributed by atoms with Crippen LogP contribution in [0.5, 0.6) is 0 Å². The lowest BCUT2D eigenvalue weighted by molar-refractivity contribution is -0.121. The second-order valence-electron chi connectivity index (χ2n) is 4.02. The molecule has 0 heterocycles. The van der Waals surface area contributed by atoms with E-state index in [1.54, 1.807) is 11.8 Å². The van der Waals surface area contributed by atoms with Crippen molar-refractivity contribution in [2.45, 2.75) is 30.4 Å². The maximum absolute atomic E-state index is 12.1. The van der Waals surface area contributed by atoms with E-state index in [0.717, 1.165) is 12.8 Å². The van der Waals surface area contributed by atoms with Gasteiger partial charge in [0, 0.05) is 5.92 Å². The van der Waals surface area contributed by atoms with Crippen molar-refractivity contribution in [2.75, 3.05) is 6.26 Å². The Morgan fingerprint density at radius 3 is 2.60 bits per heavy atom. The summed E-state index contributed by atoms with van der Waals surface area (Å²) in [6.45, 7) is 0.